The van der Waals surface area contributed by atoms with Gasteiger partial charge in [-0.05, 0) is 43.6 Å². The highest BCUT2D eigenvalue weighted by Crippen LogP contribution is 2.13. The Morgan fingerprint density at radius 1 is 1.00 bits per heavy atom. The Hall–Kier alpha value is -2.33. The lowest BCUT2D eigenvalue weighted by Gasteiger charge is -2.16. The van der Waals surface area contributed by atoms with Gasteiger partial charge in [-0.1, -0.05) is 61.5 Å². The van der Waals surface area contributed by atoms with Crippen LogP contribution in [0.25, 0.3) is 0 Å². The molecule has 2 rings (SSSR count). The standard InChI is InChI=1S/C22H32N4/c1-5-23-22(24-15-18(2)21-12-7-6-8-13-21)25-16-19-10-9-11-20(14-19)17-26(3)4/h6-14,18H,5,15-17H2,1-4H3,(H2,23,24,25). The second-order valence-electron chi connectivity index (χ2n) is 6.95. The Morgan fingerprint density at radius 2 is 1.73 bits per heavy atom. The maximum atomic E-state index is 4.75. The highest BCUT2D eigenvalue weighted by atomic mass is 15.2. The van der Waals surface area contributed by atoms with Crippen LogP contribution < -0.4 is 10.6 Å². The molecule has 0 bridgehead atoms. The minimum Gasteiger partial charge on any atom is -0.357 e. The van der Waals surface area contributed by atoms with E-state index in [0.717, 1.165) is 25.6 Å². The molecule has 0 amide bonds. The smallest absolute Gasteiger partial charge is 0.191 e. The first kappa shape index (κ1) is 20.0. The van der Waals surface area contributed by atoms with Gasteiger partial charge in [0.05, 0.1) is 6.54 Å². The van der Waals surface area contributed by atoms with E-state index in [4.69, 9.17) is 4.99 Å². The van der Waals surface area contributed by atoms with E-state index in [2.05, 4.69) is 98.1 Å². The first-order valence-corrected chi connectivity index (χ1v) is 9.38. The summed E-state index contributed by atoms with van der Waals surface area (Å²) in [5.74, 6) is 1.30. The van der Waals surface area contributed by atoms with E-state index in [1.807, 2.05) is 0 Å². The summed E-state index contributed by atoms with van der Waals surface area (Å²) < 4.78 is 0. The third-order valence-corrected chi connectivity index (χ3v) is 4.20. The molecule has 1 atom stereocenters. The maximum Gasteiger partial charge on any atom is 0.191 e. The van der Waals surface area contributed by atoms with Gasteiger partial charge in [-0.15, -0.1) is 0 Å². The molecular formula is C22H32N4. The predicted octanol–water partition coefficient (Wildman–Crippen LogP) is 3.61. The van der Waals surface area contributed by atoms with Gasteiger partial charge in [0, 0.05) is 19.6 Å². The molecule has 4 heteroatoms. The molecule has 0 radical (unpaired) electrons. The quantitative estimate of drug-likeness (QED) is 0.563. The van der Waals surface area contributed by atoms with Gasteiger partial charge in [0.1, 0.15) is 0 Å². The highest BCUT2D eigenvalue weighted by Gasteiger charge is 2.06. The molecule has 0 fully saturated rings. The lowest BCUT2D eigenvalue weighted by atomic mass is 10.0. The first-order chi connectivity index (χ1) is 12.6. The van der Waals surface area contributed by atoms with E-state index in [1.165, 1.54) is 16.7 Å². The van der Waals surface area contributed by atoms with E-state index >= 15 is 0 Å². The van der Waals surface area contributed by atoms with Crippen molar-refractivity contribution >= 4 is 5.96 Å². The van der Waals surface area contributed by atoms with Crippen LogP contribution in [0.3, 0.4) is 0 Å². The molecule has 0 aliphatic heterocycles. The van der Waals surface area contributed by atoms with Crippen molar-refractivity contribution in [1.29, 1.82) is 0 Å². The Morgan fingerprint density at radius 3 is 2.42 bits per heavy atom. The topological polar surface area (TPSA) is 39.7 Å². The second-order valence-corrected chi connectivity index (χ2v) is 6.95. The molecule has 0 aliphatic carbocycles. The molecule has 0 aromatic heterocycles. The van der Waals surface area contributed by atoms with Gasteiger partial charge in [0.2, 0.25) is 0 Å². The SMILES string of the molecule is CCNC(=NCc1cccc(CN(C)C)c1)NCC(C)c1ccccc1. The van der Waals surface area contributed by atoms with Crippen LogP contribution in [0.5, 0.6) is 0 Å². The number of aliphatic imine (C=N–C) groups is 1. The van der Waals surface area contributed by atoms with Crippen LogP contribution in [0.1, 0.15) is 36.5 Å². The summed E-state index contributed by atoms with van der Waals surface area (Å²) in [5, 5.41) is 6.80. The van der Waals surface area contributed by atoms with E-state index in [9.17, 15) is 0 Å². The van der Waals surface area contributed by atoms with Gasteiger partial charge in [-0.2, -0.15) is 0 Å². The molecule has 0 spiro atoms. The average molecular weight is 353 g/mol. The van der Waals surface area contributed by atoms with Crippen LogP contribution >= 0.6 is 0 Å². The Bertz CT molecular complexity index is 680. The number of rotatable bonds is 8. The summed E-state index contributed by atoms with van der Waals surface area (Å²) in [5.41, 5.74) is 3.89. The van der Waals surface area contributed by atoms with E-state index in [-0.39, 0.29) is 0 Å². The molecule has 0 saturated heterocycles. The molecule has 4 nitrogen and oxygen atoms in total. The van der Waals surface area contributed by atoms with Crippen molar-refractivity contribution < 1.29 is 0 Å². The van der Waals surface area contributed by atoms with E-state index < -0.39 is 0 Å². The minimum absolute atomic E-state index is 0.434. The van der Waals surface area contributed by atoms with Crippen molar-refractivity contribution in [1.82, 2.24) is 15.5 Å². The third kappa shape index (κ3) is 6.89. The third-order valence-electron chi connectivity index (χ3n) is 4.20. The second kappa shape index (κ2) is 10.6. The molecule has 26 heavy (non-hydrogen) atoms. The monoisotopic (exact) mass is 352 g/mol. The maximum absolute atomic E-state index is 4.75. The van der Waals surface area contributed by atoms with Crippen LogP contribution in [0.4, 0.5) is 0 Å². The number of nitrogens with one attached hydrogen (secondary N) is 2. The van der Waals surface area contributed by atoms with Crippen LogP contribution in [-0.2, 0) is 13.1 Å². The fourth-order valence-corrected chi connectivity index (χ4v) is 2.85. The van der Waals surface area contributed by atoms with Crippen LogP contribution in [0.15, 0.2) is 59.6 Å². The van der Waals surface area contributed by atoms with Crippen molar-refractivity contribution in [3.63, 3.8) is 0 Å². The zero-order valence-corrected chi connectivity index (χ0v) is 16.5. The van der Waals surface area contributed by atoms with E-state index in [0.29, 0.717) is 12.5 Å². The number of benzene rings is 2. The molecular weight excluding hydrogens is 320 g/mol. The van der Waals surface area contributed by atoms with Crippen LogP contribution in [0.2, 0.25) is 0 Å². The normalized spacial score (nSPS) is 12.9. The van der Waals surface area contributed by atoms with Gasteiger partial charge < -0.3 is 15.5 Å². The summed E-state index contributed by atoms with van der Waals surface area (Å²) >= 11 is 0. The summed E-state index contributed by atoms with van der Waals surface area (Å²) in [6.45, 7) is 7.66. The fraction of sp³-hybridized carbons (Fsp3) is 0.409. The molecule has 2 aromatic carbocycles. The van der Waals surface area contributed by atoms with Gasteiger partial charge in [0.25, 0.3) is 0 Å². The predicted molar refractivity (Wildman–Crippen MR) is 112 cm³/mol. The van der Waals surface area contributed by atoms with Crippen molar-refractivity contribution in [3.05, 3.63) is 71.3 Å². The fourth-order valence-electron chi connectivity index (χ4n) is 2.85. The lowest BCUT2D eigenvalue weighted by Crippen LogP contribution is -2.39. The van der Waals surface area contributed by atoms with Crippen LogP contribution in [0, 0.1) is 0 Å². The van der Waals surface area contributed by atoms with Gasteiger partial charge in [-0.25, -0.2) is 4.99 Å². The van der Waals surface area contributed by atoms with Crippen molar-refractivity contribution in [2.45, 2.75) is 32.9 Å². The minimum atomic E-state index is 0.434. The Balaban J connectivity index is 1.95. The number of nitrogens with zero attached hydrogens (tertiary/aromatic N) is 2. The molecule has 0 heterocycles. The number of hydrogen-bond donors (Lipinski definition) is 2. The number of hydrogen-bond acceptors (Lipinski definition) is 2. The molecule has 2 N–H and O–H groups in total. The summed E-state index contributed by atoms with van der Waals surface area (Å²) in [4.78, 5) is 6.93. The molecule has 2 aromatic rings. The van der Waals surface area contributed by atoms with Gasteiger partial charge >= 0.3 is 0 Å². The zero-order valence-electron chi connectivity index (χ0n) is 16.5. The Labute approximate surface area is 158 Å². The number of guanidine groups is 1. The zero-order chi connectivity index (χ0) is 18.8. The summed E-state index contributed by atoms with van der Waals surface area (Å²) in [7, 11) is 4.18. The summed E-state index contributed by atoms with van der Waals surface area (Å²) in [6, 6.07) is 19.2. The van der Waals surface area contributed by atoms with Crippen molar-refractivity contribution in [2.75, 3.05) is 27.2 Å². The van der Waals surface area contributed by atoms with Crippen molar-refractivity contribution in [2.24, 2.45) is 4.99 Å². The van der Waals surface area contributed by atoms with E-state index in [1.54, 1.807) is 0 Å². The van der Waals surface area contributed by atoms with Crippen LogP contribution in [-0.4, -0.2) is 38.0 Å². The largest absolute Gasteiger partial charge is 0.357 e. The molecule has 140 valence electrons. The van der Waals surface area contributed by atoms with Gasteiger partial charge in [-0.3, -0.25) is 0 Å². The summed E-state index contributed by atoms with van der Waals surface area (Å²) in [6.07, 6.45) is 0. The average Bonchev–Trinajstić information content (AvgIpc) is 2.64. The van der Waals surface area contributed by atoms with Crippen molar-refractivity contribution in [3.8, 4) is 0 Å². The lowest BCUT2D eigenvalue weighted by molar-refractivity contribution is 0.402. The molecule has 1 unspecified atom stereocenters. The molecule has 0 aliphatic rings. The Kier molecular flexibility index (Phi) is 8.16. The first-order valence-electron chi connectivity index (χ1n) is 9.38. The van der Waals surface area contributed by atoms with Gasteiger partial charge in [0.15, 0.2) is 5.96 Å². The highest BCUT2D eigenvalue weighted by molar-refractivity contribution is 5.79. The molecule has 0 saturated carbocycles.